The fourth-order valence-corrected chi connectivity index (χ4v) is 2.26. The molecule has 0 fully saturated rings. The average Bonchev–Trinajstić information content (AvgIpc) is 2.48. The third kappa shape index (κ3) is 4.02. The van der Waals surface area contributed by atoms with Gasteiger partial charge in [0.05, 0.1) is 6.61 Å². The second-order valence-electron chi connectivity index (χ2n) is 4.78. The topological polar surface area (TPSA) is 21.3 Å². The van der Waals surface area contributed by atoms with Crippen LogP contribution in [0.3, 0.4) is 0 Å². The van der Waals surface area contributed by atoms with Crippen LogP contribution in [0.5, 0.6) is 5.75 Å². The maximum absolute atomic E-state index is 13.7. The smallest absolute Gasteiger partial charge is 0.129 e. The van der Waals surface area contributed by atoms with Crippen LogP contribution in [-0.4, -0.2) is 13.7 Å². The van der Waals surface area contributed by atoms with Gasteiger partial charge < -0.3 is 10.1 Å². The number of benzene rings is 2. The third-order valence-corrected chi connectivity index (χ3v) is 3.38. The number of hydrogen-bond donors (Lipinski definition) is 1. The lowest BCUT2D eigenvalue weighted by Gasteiger charge is -2.17. The normalized spacial score (nSPS) is 12.2. The molecule has 0 radical (unpaired) electrons. The highest BCUT2D eigenvalue weighted by molar-refractivity contribution is 5.31. The summed E-state index contributed by atoms with van der Waals surface area (Å²) >= 11 is 0. The fraction of sp³-hybridized carbons (Fsp3) is 0.294. The quantitative estimate of drug-likeness (QED) is 0.872. The first kappa shape index (κ1) is 15.4. The molecular weight excluding hydrogens is 272 g/mol. The summed E-state index contributed by atoms with van der Waals surface area (Å²) in [6.07, 6.45) is 0.455. The summed E-state index contributed by atoms with van der Waals surface area (Å²) in [6, 6.07) is 11.3. The SMILES string of the molecule is CCOc1ccc(C(Cc2ccc(F)cc2F)NC)cc1. The second kappa shape index (κ2) is 7.18. The van der Waals surface area contributed by atoms with Crippen molar-refractivity contribution in [2.24, 2.45) is 0 Å². The van der Waals surface area contributed by atoms with Crippen molar-refractivity contribution in [1.82, 2.24) is 5.32 Å². The largest absolute Gasteiger partial charge is 0.494 e. The molecule has 4 heteroatoms. The van der Waals surface area contributed by atoms with Gasteiger partial charge >= 0.3 is 0 Å². The zero-order valence-electron chi connectivity index (χ0n) is 12.2. The van der Waals surface area contributed by atoms with Gasteiger partial charge in [-0.05, 0) is 49.7 Å². The van der Waals surface area contributed by atoms with E-state index in [4.69, 9.17) is 4.74 Å². The monoisotopic (exact) mass is 291 g/mol. The molecule has 1 atom stereocenters. The van der Waals surface area contributed by atoms with Gasteiger partial charge in [0.1, 0.15) is 17.4 Å². The number of likely N-dealkylation sites (N-methyl/N-ethyl adjacent to an activating group) is 1. The summed E-state index contributed by atoms with van der Waals surface area (Å²) in [5, 5.41) is 3.16. The summed E-state index contributed by atoms with van der Waals surface area (Å²) in [4.78, 5) is 0. The molecule has 0 saturated heterocycles. The van der Waals surface area contributed by atoms with Crippen LogP contribution in [0.4, 0.5) is 8.78 Å². The molecule has 0 aliphatic rings. The van der Waals surface area contributed by atoms with E-state index in [0.29, 0.717) is 18.6 Å². The molecule has 1 N–H and O–H groups in total. The van der Waals surface area contributed by atoms with E-state index in [1.807, 2.05) is 38.2 Å². The van der Waals surface area contributed by atoms with E-state index in [1.165, 1.54) is 12.1 Å². The molecule has 0 bridgehead atoms. The van der Waals surface area contributed by atoms with Gasteiger partial charge in [-0.25, -0.2) is 8.78 Å². The Morgan fingerprint density at radius 3 is 2.38 bits per heavy atom. The predicted octanol–water partition coefficient (Wildman–Crippen LogP) is 3.87. The number of halogens is 2. The van der Waals surface area contributed by atoms with Gasteiger partial charge in [-0.1, -0.05) is 18.2 Å². The highest BCUT2D eigenvalue weighted by atomic mass is 19.1. The highest BCUT2D eigenvalue weighted by Crippen LogP contribution is 2.22. The van der Waals surface area contributed by atoms with Crippen LogP contribution in [0.2, 0.25) is 0 Å². The molecule has 0 spiro atoms. The minimum absolute atomic E-state index is 0.0411. The van der Waals surface area contributed by atoms with Crippen molar-refractivity contribution < 1.29 is 13.5 Å². The van der Waals surface area contributed by atoms with E-state index in [0.717, 1.165) is 17.4 Å². The standard InChI is InChI=1S/C17H19F2NO/c1-3-21-15-8-5-12(6-9-15)17(20-2)10-13-4-7-14(18)11-16(13)19/h4-9,11,17,20H,3,10H2,1-2H3. The summed E-state index contributed by atoms with van der Waals surface area (Å²) < 4.78 is 32.1. The van der Waals surface area contributed by atoms with E-state index in [1.54, 1.807) is 0 Å². The van der Waals surface area contributed by atoms with Gasteiger partial charge in [0.25, 0.3) is 0 Å². The van der Waals surface area contributed by atoms with Crippen molar-refractivity contribution in [3.8, 4) is 5.75 Å². The van der Waals surface area contributed by atoms with Crippen LogP contribution in [0.25, 0.3) is 0 Å². The highest BCUT2D eigenvalue weighted by Gasteiger charge is 2.13. The second-order valence-corrected chi connectivity index (χ2v) is 4.78. The Balaban J connectivity index is 2.15. The molecule has 2 aromatic rings. The van der Waals surface area contributed by atoms with Crippen LogP contribution in [0, 0.1) is 11.6 Å². The summed E-state index contributed by atoms with van der Waals surface area (Å²) in [5.74, 6) is -0.261. The van der Waals surface area contributed by atoms with Crippen LogP contribution in [0.1, 0.15) is 24.1 Å². The molecular formula is C17H19F2NO. The molecule has 21 heavy (non-hydrogen) atoms. The van der Waals surface area contributed by atoms with Crippen LogP contribution in [-0.2, 0) is 6.42 Å². The molecule has 0 heterocycles. The zero-order valence-corrected chi connectivity index (χ0v) is 12.2. The fourth-order valence-electron chi connectivity index (χ4n) is 2.26. The van der Waals surface area contributed by atoms with E-state index in [2.05, 4.69) is 5.32 Å². The lowest BCUT2D eigenvalue weighted by Crippen LogP contribution is -2.19. The Morgan fingerprint density at radius 2 is 1.81 bits per heavy atom. The minimum atomic E-state index is -0.557. The van der Waals surface area contributed by atoms with Crippen LogP contribution < -0.4 is 10.1 Å². The van der Waals surface area contributed by atoms with Crippen molar-refractivity contribution >= 4 is 0 Å². The van der Waals surface area contributed by atoms with E-state index >= 15 is 0 Å². The summed E-state index contributed by atoms with van der Waals surface area (Å²) in [5.41, 5.74) is 1.52. The van der Waals surface area contributed by atoms with Gasteiger partial charge in [0.15, 0.2) is 0 Å². The summed E-state index contributed by atoms with van der Waals surface area (Å²) in [6.45, 7) is 2.55. The van der Waals surface area contributed by atoms with E-state index in [9.17, 15) is 8.78 Å². The molecule has 2 rings (SSSR count). The molecule has 0 aliphatic carbocycles. The van der Waals surface area contributed by atoms with Crippen molar-refractivity contribution in [2.45, 2.75) is 19.4 Å². The van der Waals surface area contributed by atoms with Gasteiger partial charge in [0.2, 0.25) is 0 Å². The predicted molar refractivity (Wildman–Crippen MR) is 79.5 cm³/mol. The first-order valence-electron chi connectivity index (χ1n) is 6.98. The Kier molecular flexibility index (Phi) is 5.28. The van der Waals surface area contributed by atoms with Crippen LogP contribution in [0.15, 0.2) is 42.5 Å². The number of ether oxygens (including phenoxy) is 1. The molecule has 0 amide bonds. The maximum Gasteiger partial charge on any atom is 0.129 e. The molecule has 112 valence electrons. The Labute approximate surface area is 123 Å². The van der Waals surface area contributed by atoms with Crippen molar-refractivity contribution in [3.05, 3.63) is 65.2 Å². The van der Waals surface area contributed by atoms with Gasteiger partial charge in [-0.2, -0.15) is 0 Å². The first-order valence-corrected chi connectivity index (χ1v) is 6.98. The first-order chi connectivity index (χ1) is 10.1. The molecule has 0 aromatic heterocycles. The van der Waals surface area contributed by atoms with Crippen molar-refractivity contribution in [1.29, 1.82) is 0 Å². The van der Waals surface area contributed by atoms with Crippen molar-refractivity contribution in [2.75, 3.05) is 13.7 Å². The average molecular weight is 291 g/mol. The molecule has 1 unspecified atom stereocenters. The Bertz CT molecular complexity index is 584. The van der Waals surface area contributed by atoms with E-state index < -0.39 is 11.6 Å². The lowest BCUT2D eigenvalue weighted by atomic mass is 9.98. The van der Waals surface area contributed by atoms with E-state index in [-0.39, 0.29) is 6.04 Å². The van der Waals surface area contributed by atoms with Gasteiger partial charge in [-0.3, -0.25) is 0 Å². The van der Waals surface area contributed by atoms with Gasteiger partial charge in [-0.15, -0.1) is 0 Å². The zero-order chi connectivity index (χ0) is 15.2. The third-order valence-electron chi connectivity index (χ3n) is 3.38. The number of rotatable bonds is 6. The minimum Gasteiger partial charge on any atom is -0.494 e. The lowest BCUT2D eigenvalue weighted by molar-refractivity contribution is 0.340. The number of nitrogens with one attached hydrogen (secondary N) is 1. The van der Waals surface area contributed by atoms with Gasteiger partial charge in [0, 0.05) is 12.1 Å². The Morgan fingerprint density at radius 1 is 1.10 bits per heavy atom. The van der Waals surface area contributed by atoms with Crippen LogP contribution >= 0.6 is 0 Å². The molecule has 0 aliphatic heterocycles. The maximum atomic E-state index is 13.7. The molecule has 2 nitrogen and oxygen atoms in total. The Hall–Kier alpha value is -1.94. The summed E-state index contributed by atoms with van der Waals surface area (Å²) in [7, 11) is 1.82. The van der Waals surface area contributed by atoms with Crippen molar-refractivity contribution in [3.63, 3.8) is 0 Å². The number of hydrogen-bond acceptors (Lipinski definition) is 2. The molecule has 0 saturated carbocycles. The molecule has 2 aromatic carbocycles.